The van der Waals surface area contributed by atoms with Crippen LogP contribution in [0, 0.1) is 0 Å². The number of fused-ring (bicyclic) bond motifs is 3. The standard InChI is InChI=1S/C18H25N5O3/c1-22-6-8-23(9-7-22)17-16-15(20-18(21-17)19-5-10-24)13-11-12(25-2)3-4-14(13)26-16/h3-4,11,15-16,24H,5-10H2,1-2H3,(H,19,20). The molecule has 4 rings (SSSR count). The van der Waals surface area contributed by atoms with Crippen molar-refractivity contribution in [2.24, 2.45) is 9.98 Å². The minimum Gasteiger partial charge on any atom is -0.497 e. The molecular weight excluding hydrogens is 334 g/mol. The van der Waals surface area contributed by atoms with Crippen molar-refractivity contribution in [3.05, 3.63) is 23.8 Å². The second-order valence-electron chi connectivity index (χ2n) is 6.75. The zero-order chi connectivity index (χ0) is 18.1. The van der Waals surface area contributed by atoms with Crippen LogP contribution in [-0.2, 0) is 0 Å². The number of rotatable bonds is 3. The highest BCUT2D eigenvalue weighted by molar-refractivity contribution is 6.02. The van der Waals surface area contributed by atoms with Crippen LogP contribution in [0.3, 0.4) is 0 Å². The highest BCUT2D eigenvalue weighted by Gasteiger charge is 2.43. The molecule has 2 atom stereocenters. The maximum atomic E-state index is 9.11. The molecule has 140 valence electrons. The summed E-state index contributed by atoms with van der Waals surface area (Å²) in [6.07, 6.45) is -0.186. The summed E-state index contributed by atoms with van der Waals surface area (Å²) in [5.74, 6) is 3.10. The van der Waals surface area contributed by atoms with Crippen molar-refractivity contribution in [1.82, 2.24) is 15.1 Å². The second kappa shape index (κ2) is 7.13. The summed E-state index contributed by atoms with van der Waals surface area (Å²) >= 11 is 0. The van der Waals surface area contributed by atoms with Crippen LogP contribution in [0.2, 0.25) is 0 Å². The fourth-order valence-electron chi connectivity index (χ4n) is 3.59. The van der Waals surface area contributed by atoms with Crippen LogP contribution in [-0.4, -0.2) is 86.3 Å². The van der Waals surface area contributed by atoms with Crippen molar-refractivity contribution in [3.8, 4) is 11.5 Å². The van der Waals surface area contributed by atoms with E-state index in [1.54, 1.807) is 7.11 Å². The number of methoxy groups -OCH3 is 1. The van der Waals surface area contributed by atoms with Crippen LogP contribution in [0.5, 0.6) is 11.5 Å². The molecule has 2 N–H and O–H groups in total. The number of nitrogens with one attached hydrogen (secondary N) is 1. The van der Waals surface area contributed by atoms with Crippen molar-refractivity contribution >= 4 is 11.8 Å². The molecule has 2 unspecified atom stereocenters. The molecule has 0 aromatic heterocycles. The number of amidine groups is 1. The van der Waals surface area contributed by atoms with Gasteiger partial charge in [0.1, 0.15) is 17.5 Å². The number of likely N-dealkylation sites (N-methyl/N-ethyl adjacent to an activating group) is 1. The molecule has 3 aliphatic rings. The van der Waals surface area contributed by atoms with Gasteiger partial charge in [0.25, 0.3) is 0 Å². The molecule has 8 heteroatoms. The second-order valence-corrected chi connectivity index (χ2v) is 6.75. The Morgan fingerprint density at radius 2 is 2.15 bits per heavy atom. The molecule has 8 nitrogen and oxygen atoms in total. The van der Waals surface area contributed by atoms with Gasteiger partial charge >= 0.3 is 0 Å². The number of aliphatic hydroxyl groups excluding tert-OH is 1. The van der Waals surface area contributed by atoms with E-state index in [0.717, 1.165) is 49.1 Å². The van der Waals surface area contributed by atoms with E-state index in [1.165, 1.54) is 0 Å². The first-order chi connectivity index (χ1) is 12.7. The maximum Gasteiger partial charge on any atom is 0.220 e. The number of hydrogen-bond donors (Lipinski definition) is 2. The summed E-state index contributed by atoms with van der Waals surface area (Å²) in [7, 11) is 3.79. The van der Waals surface area contributed by atoms with Gasteiger partial charge in [0.2, 0.25) is 5.96 Å². The van der Waals surface area contributed by atoms with E-state index in [1.807, 2.05) is 18.2 Å². The highest BCUT2D eigenvalue weighted by Crippen LogP contribution is 2.41. The summed E-state index contributed by atoms with van der Waals surface area (Å²) in [6, 6.07) is 5.79. The molecule has 0 radical (unpaired) electrons. The van der Waals surface area contributed by atoms with E-state index in [9.17, 15) is 0 Å². The molecule has 0 spiro atoms. The number of aliphatic hydroxyl groups is 1. The quantitative estimate of drug-likeness (QED) is 0.796. The molecule has 3 aliphatic heterocycles. The molecule has 1 aromatic rings. The molecule has 0 bridgehead atoms. The van der Waals surface area contributed by atoms with Gasteiger partial charge in [-0.05, 0) is 25.2 Å². The summed E-state index contributed by atoms with van der Waals surface area (Å²) < 4.78 is 11.6. The molecular formula is C18H25N5O3. The molecule has 0 amide bonds. The number of hydrogen-bond acceptors (Lipinski definition) is 6. The lowest BCUT2D eigenvalue weighted by molar-refractivity contribution is 0.185. The van der Waals surface area contributed by atoms with E-state index < -0.39 is 0 Å². The minimum atomic E-state index is -0.186. The largest absolute Gasteiger partial charge is 0.497 e. The molecule has 1 saturated heterocycles. The van der Waals surface area contributed by atoms with Crippen molar-refractivity contribution < 1.29 is 14.6 Å². The van der Waals surface area contributed by atoms with Crippen molar-refractivity contribution in [2.75, 3.05) is 53.5 Å². The Morgan fingerprint density at radius 1 is 1.35 bits per heavy atom. The number of ether oxygens (including phenoxy) is 2. The van der Waals surface area contributed by atoms with Crippen LogP contribution < -0.4 is 14.8 Å². The lowest BCUT2D eigenvalue weighted by Crippen LogP contribution is -2.56. The van der Waals surface area contributed by atoms with Crippen molar-refractivity contribution in [3.63, 3.8) is 0 Å². The first-order valence-corrected chi connectivity index (χ1v) is 8.98. The van der Waals surface area contributed by atoms with Gasteiger partial charge in [0, 0.05) is 31.7 Å². The molecule has 0 saturated carbocycles. The van der Waals surface area contributed by atoms with Gasteiger partial charge in [-0.25, -0.2) is 4.99 Å². The predicted molar refractivity (Wildman–Crippen MR) is 99.2 cm³/mol. The van der Waals surface area contributed by atoms with Crippen LogP contribution in [0.15, 0.2) is 28.2 Å². The van der Waals surface area contributed by atoms with E-state index in [2.05, 4.69) is 27.2 Å². The average molecular weight is 359 g/mol. The molecule has 3 heterocycles. The van der Waals surface area contributed by atoms with Gasteiger partial charge in [-0.1, -0.05) is 0 Å². The Morgan fingerprint density at radius 3 is 2.88 bits per heavy atom. The number of nitrogens with zero attached hydrogens (tertiary/aromatic N) is 4. The van der Waals surface area contributed by atoms with E-state index in [4.69, 9.17) is 19.6 Å². The monoisotopic (exact) mass is 359 g/mol. The number of benzene rings is 1. The fraction of sp³-hybridized carbons (Fsp3) is 0.556. The van der Waals surface area contributed by atoms with Gasteiger partial charge in [0.15, 0.2) is 11.9 Å². The summed E-state index contributed by atoms with van der Waals surface area (Å²) in [5.41, 5.74) is 1.05. The fourth-order valence-corrected chi connectivity index (χ4v) is 3.59. The van der Waals surface area contributed by atoms with Crippen LogP contribution >= 0.6 is 0 Å². The van der Waals surface area contributed by atoms with E-state index >= 15 is 0 Å². The van der Waals surface area contributed by atoms with Crippen molar-refractivity contribution in [2.45, 2.75) is 12.1 Å². The van der Waals surface area contributed by atoms with Crippen LogP contribution in [0.25, 0.3) is 0 Å². The third kappa shape index (κ3) is 3.10. The molecule has 1 aromatic carbocycles. The lowest BCUT2D eigenvalue weighted by Gasteiger charge is -2.39. The minimum absolute atomic E-state index is 0.000449. The van der Waals surface area contributed by atoms with Gasteiger partial charge in [-0.2, -0.15) is 4.99 Å². The van der Waals surface area contributed by atoms with Crippen molar-refractivity contribution in [1.29, 1.82) is 0 Å². The predicted octanol–water partition coefficient (Wildman–Crippen LogP) is 0.0947. The zero-order valence-corrected chi connectivity index (χ0v) is 15.2. The summed E-state index contributed by atoms with van der Waals surface area (Å²) in [6.45, 7) is 4.13. The van der Waals surface area contributed by atoms with Gasteiger partial charge in [0.05, 0.1) is 20.3 Å². The maximum absolute atomic E-state index is 9.11. The molecule has 1 fully saturated rings. The topological polar surface area (TPSA) is 81.9 Å². The van der Waals surface area contributed by atoms with E-state index in [-0.39, 0.29) is 18.8 Å². The number of guanidine groups is 1. The van der Waals surface area contributed by atoms with Gasteiger partial charge < -0.3 is 29.7 Å². The Kier molecular flexibility index (Phi) is 4.69. The molecule has 26 heavy (non-hydrogen) atoms. The Bertz CT molecular complexity index is 728. The van der Waals surface area contributed by atoms with Gasteiger partial charge in [-0.15, -0.1) is 0 Å². The zero-order valence-electron chi connectivity index (χ0n) is 15.2. The highest BCUT2D eigenvalue weighted by atomic mass is 16.5. The number of piperazine rings is 1. The summed E-state index contributed by atoms with van der Waals surface area (Å²) in [5, 5.41) is 12.5. The Balaban J connectivity index is 1.67. The Hall–Kier alpha value is -2.32. The first-order valence-electron chi connectivity index (χ1n) is 8.98. The van der Waals surface area contributed by atoms with Crippen LogP contribution in [0.1, 0.15) is 11.6 Å². The smallest absolute Gasteiger partial charge is 0.220 e. The third-order valence-corrected chi connectivity index (χ3v) is 5.06. The first kappa shape index (κ1) is 17.1. The summed E-state index contributed by atoms with van der Waals surface area (Å²) in [4.78, 5) is 13.7. The Labute approximate surface area is 153 Å². The van der Waals surface area contributed by atoms with Crippen LogP contribution in [0.4, 0.5) is 0 Å². The SMILES string of the molecule is COc1ccc2c(c1)C1NC(=NCCO)N=C(N3CCN(C)CC3)C1O2. The van der Waals surface area contributed by atoms with E-state index in [0.29, 0.717) is 12.5 Å². The number of aliphatic imine (C=N–C) groups is 2. The normalized spacial score (nSPS) is 26.7. The molecule has 0 aliphatic carbocycles. The van der Waals surface area contributed by atoms with Gasteiger partial charge in [-0.3, -0.25) is 0 Å². The third-order valence-electron chi connectivity index (χ3n) is 5.06. The lowest BCUT2D eigenvalue weighted by atomic mass is 10.0. The average Bonchev–Trinajstić information content (AvgIpc) is 3.04.